The molecule has 3 unspecified atom stereocenters. The van der Waals surface area contributed by atoms with E-state index >= 15 is 0 Å². The average Bonchev–Trinajstić information content (AvgIpc) is 2.97. The molecule has 0 aromatic rings. The number of carbonyl (C=O) groups is 1. The first-order chi connectivity index (χ1) is 12.8. The lowest BCUT2D eigenvalue weighted by atomic mass is 9.46. The SMILES string of the molecule is CC(=O)CC[C@@H](C)[C@H]1CCC2C3CC=C4C[C@H](C)CC[C@]4(C)C3CC[C@@]21C. The van der Waals surface area contributed by atoms with E-state index < -0.39 is 0 Å². The smallest absolute Gasteiger partial charge is 0.129 e. The molecule has 3 saturated carbocycles. The van der Waals surface area contributed by atoms with Gasteiger partial charge in [0.25, 0.3) is 0 Å². The van der Waals surface area contributed by atoms with Crippen molar-refractivity contribution in [3.05, 3.63) is 11.6 Å². The maximum Gasteiger partial charge on any atom is 0.129 e. The van der Waals surface area contributed by atoms with Gasteiger partial charge >= 0.3 is 0 Å². The molecule has 4 aliphatic rings. The number of Topliss-reactive ketones (excluding diaryl/α,β-unsaturated/α-hetero) is 1. The second-order valence-electron chi connectivity index (χ2n) is 11.6. The van der Waals surface area contributed by atoms with E-state index in [1.807, 2.05) is 5.57 Å². The third-order valence-corrected chi connectivity index (χ3v) is 10.1. The van der Waals surface area contributed by atoms with Gasteiger partial charge in [-0.25, -0.2) is 0 Å². The predicted octanol–water partition coefficient (Wildman–Crippen LogP) is 7.21. The van der Waals surface area contributed by atoms with Crippen LogP contribution in [0, 0.1) is 46.3 Å². The molecule has 0 aromatic heterocycles. The van der Waals surface area contributed by atoms with E-state index in [1.165, 1.54) is 51.4 Å². The van der Waals surface area contributed by atoms with Gasteiger partial charge in [0.15, 0.2) is 0 Å². The van der Waals surface area contributed by atoms with Crippen LogP contribution < -0.4 is 0 Å². The minimum Gasteiger partial charge on any atom is -0.300 e. The summed E-state index contributed by atoms with van der Waals surface area (Å²) in [6, 6.07) is 0. The normalized spacial score (nSPS) is 47.4. The van der Waals surface area contributed by atoms with Crippen LogP contribution in [0.25, 0.3) is 0 Å². The molecule has 0 aliphatic heterocycles. The summed E-state index contributed by atoms with van der Waals surface area (Å²) < 4.78 is 0. The summed E-state index contributed by atoms with van der Waals surface area (Å²) in [7, 11) is 0. The Bertz CT molecular complexity index is 618. The Kier molecular flexibility index (Phi) is 5.13. The number of allylic oxidation sites excluding steroid dienone is 2. The largest absolute Gasteiger partial charge is 0.300 e. The summed E-state index contributed by atoms with van der Waals surface area (Å²) in [5.41, 5.74) is 2.87. The van der Waals surface area contributed by atoms with Crippen molar-refractivity contribution in [3.8, 4) is 0 Å². The number of carbonyl (C=O) groups excluding carboxylic acids is 1. The summed E-state index contributed by atoms with van der Waals surface area (Å²) in [5.74, 6) is 5.61. The van der Waals surface area contributed by atoms with Crippen LogP contribution in [0.5, 0.6) is 0 Å². The highest BCUT2D eigenvalue weighted by Crippen LogP contribution is 2.67. The van der Waals surface area contributed by atoms with Gasteiger partial charge in [-0.1, -0.05) is 39.3 Å². The fourth-order valence-electron chi connectivity index (χ4n) is 8.45. The molecular weight excluding hydrogens is 328 g/mol. The Morgan fingerprint density at radius 3 is 2.67 bits per heavy atom. The summed E-state index contributed by atoms with van der Waals surface area (Å²) >= 11 is 0. The van der Waals surface area contributed by atoms with Crippen LogP contribution in [0.3, 0.4) is 0 Å². The Morgan fingerprint density at radius 2 is 1.93 bits per heavy atom. The van der Waals surface area contributed by atoms with E-state index in [0.717, 1.165) is 42.4 Å². The monoisotopic (exact) mass is 370 g/mol. The van der Waals surface area contributed by atoms with E-state index in [0.29, 0.717) is 22.5 Å². The van der Waals surface area contributed by atoms with Crippen molar-refractivity contribution in [2.24, 2.45) is 46.3 Å². The summed E-state index contributed by atoms with van der Waals surface area (Å²) in [4.78, 5) is 11.5. The van der Waals surface area contributed by atoms with Crippen molar-refractivity contribution in [2.45, 2.75) is 98.8 Å². The summed E-state index contributed by atoms with van der Waals surface area (Å²) in [5, 5.41) is 0. The Labute approximate surface area is 167 Å². The molecule has 0 N–H and O–H groups in total. The van der Waals surface area contributed by atoms with Crippen LogP contribution in [0.1, 0.15) is 98.8 Å². The van der Waals surface area contributed by atoms with Crippen molar-refractivity contribution in [2.75, 3.05) is 0 Å². The molecule has 152 valence electrons. The molecule has 0 aromatic carbocycles. The molecular formula is C26H42O. The fourth-order valence-corrected chi connectivity index (χ4v) is 8.45. The van der Waals surface area contributed by atoms with E-state index in [4.69, 9.17) is 0 Å². The van der Waals surface area contributed by atoms with Gasteiger partial charge in [-0.3, -0.25) is 0 Å². The lowest BCUT2D eigenvalue weighted by Crippen LogP contribution is -2.50. The van der Waals surface area contributed by atoms with E-state index in [-0.39, 0.29) is 0 Å². The zero-order chi connectivity index (χ0) is 19.4. The lowest BCUT2D eigenvalue weighted by molar-refractivity contribution is -0.117. The van der Waals surface area contributed by atoms with Crippen molar-refractivity contribution in [3.63, 3.8) is 0 Å². The predicted molar refractivity (Wildman–Crippen MR) is 113 cm³/mol. The van der Waals surface area contributed by atoms with Gasteiger partial charge < -0.3 is 4.79 Å². The lowest BCUT2D eigenvalue weighted by Gasteiger charge is -2.58. The highest BCUT2D eigenvalue weighted by Gasteiger charge is 2.58. The van der Waals surface area contributed by atoms with E-state index in [2.05, 4.69) is 33.8 Å². The fraction of sp³-hybridized carbons (Fsp3) is 0.885. The average molecular weight is 371 g/mol. The molecule has 0 radical (unpaired) electrons. The molecule has 4 aliphatic carbocycles. The number of rotatable bonds is 4. The highest BCUT2D eigenvalue weighted by atomic mass is 16.1. The third-order valence-electron chi connectivity index (χ3n) is 10.1. The second kappa shape index (κ2) is 7.03. The number of hydrogen-bond acceptors (Lipinski definition) is 1. The molecule has 3 fully saturated rings. The second-order valence-corrected chi connectivity index (χ2v) is 11.6. The van der Waals surface area contributed by atoms with E-state index in [9.17, 15) is 4.79 Å². The van der Waals surface area contributed by atoms with Gasteiger partial charge in [-0.15, -0.1) is 0 Å². The molecule has 27 heavy (non-hydrogen) atoms. The first-order valence-corrected chi connectivity index (χ1v) is 11.9. The third kappa shape index (κ3) is 3.16. The van der Waals surface area contributed by atoms with Crippen molar-refractivity contribution < 1.29 is 4.79 Å². The number of ketones is 1. The minimum absolute atomic E-state index is 0.370. The first kappa shape index (κ1) is 19.7. The molecule has 1 heteroatoms. The zero-order valence-corrected chi connectivity index (χ0v) is 18.5. The Morgan fingerprint density at radius 1 is 1.15 bits per heavy atom. The topological polar surface area (TPSA) is 17.1 Å². The number of fused-ring (bicyclic) bond motifs is 5. The van der Waals surface area contributed by atoms with Crippen LogP contribution in [0.2, 0.25) is 0 Å². The van der Waals surface area contributed by atoms with Gasteiger partial charge in [0.2, 0.25) is 0 Å². The van der Waals surface area contributed by atoms with Crippen molar-refractivity contribution in [1.82, 2.24) is 0 Å². The van der Waals surface area contributed by atoms with Gasteiger partial charge in [0.1, 0.15) is 5.78 Å². The van der Waals surface area contributed by atoms with Gasteiger partial charge in [-0.2, -0.15) is 0 Å². The van der Waals surface area contributed by atoms with Crippen molar-refractivity contribution in [1.29, 1.82) is 0 Å². The van der Waals surface area contributed by atoms with Crippen LogP contribution in [-0.4, -0.2) is 5.78 Å². The van der Waals surface area contributed by atoms with Crippen LogP contribution in [0.4, 0.5) is 0 Å². The van der Waals surface area contributed by atoms with E-state index in [1.54, 1.807) is 6.92 Å². The molecule has 0 heterocycles. The van der Waals surface area contributed by atoms with Gasteiger partial charge in [0.05, 0.1) is 0 Å². The molecule has 0 saturated heterocycles. The minimum atomic E-state index is 0.370. The zero-order valence-electron chi connectivity index (χ0n) is 18.5. The molecule has 4 rings (SSSR count). The Balaban J connectivity index is 1.54. The summed E-state index contributed by atoms with van der Waals surface area (Å²) in [6.07, 6.45) is 15.9. The van der Waals surface area contributed by atoms with Gasteiger partial charge in [0, 0.05) is 6.42 Å². The molecule has 0 bridgehead atoms. The molecule has 8 atom stereocenters. The number of hydrogen-bond donors (Lipinski definition) is 0. The first-order valence-electron chi connectivity index (χ1n) is 11.9. The maximum atomic E-state index is 11.5. The van der Waals surface area contributed by atoms with Gasteiger partial charge in [-0.05, 0) is 111 Å². The van der Waals surface area contributed by atoms with Crippen LogP contribution in [0.15, 0.2) is 11.6 Å². The Hall–Kier alpha value is -0.590. The van der Waals surface area contributed by atoms with Crippen LogP contribution >= 0.6 is 0 Å². The highest BCUT2D eigenvalue weighted by molar-refractivity contribution is 5.75. The molecule has 1 nitrogen and oxygen atoms in total. The molecule has 0 spiro atoms. The molecule has 0 amide bonds. The summed E-state index contributed by atoms with van der Waals surface area (Å²) in [6.45, 7) is 11.9. The standard InChI is InChI=1S/C26H42O/c1-17-12-14-25(4)20(16-17)8-9-21-23-11-10-22(18(2)6-7-19(3)27)26(23,5)15-13-24(21)25/h8,17-18,21-24H,6-7,9-16H2,1-5H3/t17-,18-,21?,22-,23?,24?,25+,26-/m1/s1. The van der Waals surface area contributed by atoms with Crippen molar-refractivity contribution >= 4 is 5.78 Å². The van der Waals surface area contributed by atoms with Crippen LogP contribution in [-0.2, 0) is 4.79 Å². The quantitative estimate of drug-likeness (QED) is 0.478. The maximum absolute atomic E-state index is 11.5.